The number of aromatic nitrogens is 4. The number of nitrogens with zero attached hydrogens (tertiary/aromatic N) is 5. The average molecular weight is 205 g/mol. The Balaban J connectivity index is 2.48. The summed E-state index contributed by atoms with van der Waals surface area (Å²) in [6.07, 6.45) is 1.62. The van der Waals surface area contributed by atoms with E-state index in [1.165, 1.54) is 0 Å². The predicted molar refractivity (Wildman–Crippen MR) is 56.0 cm³/mol. The molecule has 6 heteroatoms. The molecule has 2 aromatic heterocycles. The molecule has 0 aromatic carbocycles. The van der Waals surface area contributed by atoms with Gasteiger partial charge in [-0.2, -0.15) is 4.98 Å². The summed E-state index contributed by atoms with van der Waals surface area (Å²) >= 11 is 0. The van der Waals surface area contributed by atoms with Gasteiger partial charge in [-0.1, -0.05) is 0 Å². The number of aryl methyl sites for hydroxylation is 1. The maximum atomic E-state index is 12.1. The van der Waals surface area contributed by atoms with Gasteiger partial charge in [0, 0.05) is 27.2 Å². The number of hydrogen-bond donors (Lipinski definition) is 0. The molecule has 0 spiro atoms. The Morgan fingerprint density at radius 2 is 2.13 bits per heavy atom. The number of fused-ring (bicyclic) bond motifs is 2. The van der Waals surface area contributed by atoms with E-state index in [2.05, 4.69) is 9.97 Å². The van der Waals surface area contributed by atoms with Crippen molar-refractivity contribution >= 4 is 17.1 Å². The summed E-state index contributed by atoms with van der Waals surface area (Å²) in [4.78, 5) is 22.5. The van der Waals surface area contributed by atoms with Crippen LogP contribution in [0.3, 0.4) is 0 Å². The predicted octanol–water partition coefficient (Wildman–Crippen LogP) is -0.420. The monoisotopic (exact) mass is 205 g/mol. The second-order valence-electron chi connectivity index (χ2n) is 3.82. The van der Waals surface area contributed by atoms with Crippen LogP contribution >= 0.6 is 0 Å². The summed E-state index contributed by atoms with van der Waals surface area (Å²) in [7, 11) is 3.74. The highest BCUT2D eigenvalue weighted by Gasteiger charge is 2.21. The van der Waals surface area contributed by atoms with Gasteiger partial charge < -0.3 is 9.47 Å². The minimum atomic E-state index is -0.000602. The lowest BCUT2D eigenvalue weighted by Crippen LogP contribution is -2.21. The van der Waals surface area contributed by atoms with Gasteiger partial charge in [-0.05, 0) is 0 Å². The molecule has 1 aliphatic heterocycles. The summed E-state index contributed by atoms with van der Waals surface area (Å²) in [5, 5.41) is 0. The smallest absolute Gasteiger partial charge is 0.281 e. The number of likely N-dealkylation sites (N-methyl/N-ethyl adjacent to an activating group) is 1. The zero-order valence-corrected chi connectivity index (χ0v) is 8.64. The first-order chi connectivity index (χ1) is 7.18. The highest BCUT2D eigenvalue weighted by molar-refractivity contribution is 5.71. The van der Waals surface area contributed by atoms with Gasteiger partial charge in [0.15, 0.2) is 11.2 Å². The van der Waals surface area contributed by atoms with Crippen molar-refractivity contribution in [3.8, 4) is 0 Å². The first-order valence-electron chi connectivity index (χ1n) is 4.81. The van der Waals surface area contributed by atoms with E-state index in [9.17, 15) is 4.79 Å². The van der Waals surface area contributed by atoms with Gasteiger partial charge >= 0.3 is 0 Å². The molecule has 0 N–H and O–H groups in total. The molecule has 0 amide bonds. The van der Waals surface area contributed by atoms with Crippen molar-refractivity contribution in [2.75, 3.05) is 18.5 Å². The summed E-state index contributed by atoms with van der Waals surface area (Å²) in [5.74, 6) is 0.714. The maximum absolute atomic E-state index is 12.1. The van der Waals surface area contributed by atoms with Gasteiger partial charge in [-0.15, -0.1) is 0 Å². The summed E-state index contributed by atoms with van der Waals surface area (Å²) in [6.45, 7) is 1.54. The van der Waals surface area contributed by atoms with Crippen molar-refractivity contribution in [3.63, 3.8) is 0 Å². The summed E-state index contributed by atoms with van der Waals surface area (Å²) in [6, 6.07) is 0. The van der Waals surface area contributed by atoms with E-state index in [0.29, 0.717) is 23.7 Å². The Morgan fingerprint density at radius 1 is 1.33 bits per heavy atom. The number of imidazole rings is 1. The van der Waals surface area contributed by atoms with Crippen LogP contribution in [0.25, 0.3) is 11.2 Å². The lowest BCUT2D eigenvalue weighted by Gasteiger charge is -2.08. The molecule has 0 unspecified atom stereocenters. The van der Waals surface area contributed by atoms with Gasteiger partial charge in [0.25, 0.3) is 5.56 Å². The molecule has 78 valence electrons. The molecule has 15 heavy (non-hydrogen) atoms. The first kappa shape index (κ1) is 8.46. The summed E-state index contributed by atoms with van der Waals surface area (Å²) in [5.41, 5.74) is 1.11. The summed E-state index contributed by atoms with van der Waals surface area (Å²) < 4.78 is 3.42. The van der Waals surface area contributed by atoms with E-state index in [1.54, 1.807) is 15.5 Å². The fraction of sp³-hybridized carbons (Fsp3) is 0.444. The van der Waals surface area contributed by atoms with Gasteiger partial charge in [0.2, 0.25) is 5.95 Å². The Kier molecular flexibility index (Phi) is 1.46. The third-order valence-corrected chi connectivity index (χ3v) is 2.81. The lowest BCUT2D eigenvalue weighted by molar-refractivity contribution is 0.758. The largest absolute Gasteiger partial charge is 0.343 e. The molecular formula is C9H11N5O. The molecule has 0 saturated carbocycles. The van der Waals surface area contributed by atoms with Crippen LogP contribution in [0.4, 0.5) is 5.95 Å². The highest BCUT2D eigenvalue weighted by atomic mass is 16.1. The van der Waals surface area contributed by atoms with Gasteiger partial charge in [-0.3, -0.25) is 9.36 Å². The van der Waals surface area contributed by atoms with E-state index in [4.69, 9.17) is 0 Å². The second kappa shape index (κ2) is 2.59. The standard InChI is InChI=1S/C9H11N5O/c1-12-3-4-14-8(15)6-7(11-9(12)14)10-5-13(6)2/h5H,3-4H2,1-2H3. The molecule has 0 radical (unpaired) electrons. The third kappa shape index (κ3) is 0.958. The molecule has 2 aromatic rings. The van der Waals surface area contributed by atoms with Crippen LogP contribution in [0, 0.1) is 0 Å². The molecule has 0 atom stereocenters. The van der Waals surface area contributed by atoms with Gasteiger partial charge in [-0.25, -0.2) is 4.98 Å². The minimum Gasteiger partial charge on any atom is -0.343 e. The molecule has 0 aliphatic carbocycles. The van der Waals surface area contributed by atoms with E-state index in [1.807, 2.05) is 19.0 Å². The zero-order chi connectivity index (χ0) is 10.6. The quantitative estimate of drug-likeness (QED) is 0.586. The van der Waals surface area contributed by atoms with Crippen LogP contribution in [-0.2, 0) is 13.6 Å². The van der Waals surface area contributed by atoms with Crippen molar-refractivity contribution in [2.24, 2.45) is 7.05 Å². The molecule has 0 bridgehead atoms. The Morgan fingerprint density at radius 3 is 2.93 bits per heavy atom. The number of anilines is 1. The van der Waals surface area contributed by atoms with Crippen LogP contribution in [0.2, 0.25) is 0 Å². The van der Waals surface area contributed by atoms with Crippen molar-refractivity contribution in [3.05, 3.63) is 16.7 Å². The van der Waals surface area contributed by atoms with Crippen LogP contribution in [0.15, 0.2) is 11.1 Å². The third-order valence-electron chi connectivity index (χ3n) is 2.81. The van der Waals surface area contributed by atoms with Crippen molar-refractivity contribution in [1.82, 2.24) is 19.1 Å². The fourth-order valence-electron chi connectivity index (χ4n) is 1.96. The van der Waals surface area contributed by atoms with Crippen molar-refractivity contribution in [2.45, 2.75) is 6.54 Å². The molecular weight excluding hydrogens is 194 g/mol. The molecule has 1 aliphatic rings. The van der Waals surface area contributed by atoms with E-state index < -0.39 is 0 Å². The van der Waals surface area contributed by atoms with Crippen molar-refractivity contribution in [1.29, 1.82) is 0 Å². The fourth-order valence-corrected chi connectivity index (χ4v) is 1.96. The molecule has 3 heterocycles. The first-order valence-corrected chi connectivity index (χ1v) is 4.81. The Bertz CT molecular complexity index is 596. The van der Waals surface area contributed by atoms with Crippen LogP contribution in [0.5, 0.6) is 0 Å². The lowest BCUT2D eigenvalue weighted by atomic mass is 10.5. The van der Waals surface area contributed by atoms with Crippen LogP contribution in [0.1, 0.15) is 0 Å². The molecule has 0 fully saturated rings. The van der Waals surface area contributed by atoms with E-state index in [-0.39, 0.29) is 5.56 Å². The minimum absolute atomic E-state index is 0.000602. The molecule has 0 saturated heterocycles. The normalized spacial score (nSPS) is 14.9. The second-order valence-corrected chi connectivity index (χ2v) is 3.82. The van der Waals surface area contributed by atoms with Crippen LogP contribution in [-0.4, -0.2) is 32.7 Å². The van der Waals surface area contributed by atoms with Gasteiger partial charge in [0.1, 0.15) is 0 Å². The van der Waals surface area contributed by atoms with E-state index in [0.717, 1.165) is 6.54 Å². The van der Waals surface area contributed by atoms with Crippen LogP contribution < -0.4 is 10.5 Å². The van der Waals surface area contributed by atoms with E-state index >= 15 is 0 Å². The SMILES string of the molecule is CN1CCn2c1nc1ncn(C)c1c2=O. The Hall–Kier alpha value is -1.85. The van der Waals surface area contributed by atoms with Crippen molar-refractivity contribution < 1.29 is 0 Å². The number of rotatable bonds is 0. The Labute approximate surface area is 85.8 Å². The zero-order valence-electron chi connectivity index (χ0n) is 8.64. The topological polar surface area (TPSA) is 56.0 Å². The number of hydrogen-bond acceptors (Lipinski definition) is 4. The average Bonchev–Trinajstić information content (AvgIpc) is 2.74. The maximum Gasteiger partial charge on any atom is 0.281 e. The van der Waals surface area contributed by atoms with Gasteiger partial charge in [0.05, 0.1) is 6.33 Å². The highest BCUT2D eigenvalue weighted by Crippen LogP contribution is 2.16. The molecule has 3 rings (SSSR count). The molecule has 6 nitrogen and oxygen atoms in total.